The summed E-state index contributed by atoms with van der Waals surface area (Å²) in [6, 6.07) is 0. The molecule has 0 radical (unpaired) electrons. The van der Waals surface area contributed by atoms with Gasteiger partial charge in [0.15, 0.2) is 4.49 Å². The topological polar surface area (TPSA) is 84.2 Å². The van der Waals surface area contributed by atoms with Gasteiger partial charge < -0.3 is 22.9 Å². The van der Waals surface area contributed by atoms with E-state index in [4.69, 9.17) is 22.9 Å². The molecule has 0 spiro atoms. The largest absolute Gasteiger partial charge is 0.472 e. The number of esters is 1. The molecule has 1 aromatic rings. The zero-order valence-electron chi connectivity index (χ0n) is 17.5. The van der Waals surface area contributed by atoms with Crippen molar-refractivity contribution in [3.8, 4) is 0 Å². The summed E-state index contributed by atoms with van der Waals surface area (Å²) in [5.41, 5.74) is 1.30. The molecule has 9 heteroatoms. The predicted octanol–water partition coefficient (Wildman–Crippen LogP) is 5.33. The number of thioether (sulfide) groups is 1. The minimum atomic E-state index is -3.77. The highest BCUT2D eigenvalue weighted by molar-refractivity contribution is 8.06. The highest BCUT2D eigenvalue weighted by atomic mass is 32.2. The molecule has 0 saturated heterocycles. The van der Waals surface area contributed by atoms with E-state index >= 15 is 0 Å². The summed E-state index contributed by atoms with van der Waals surface area (Å²) in [5.74, 6) is 0.216. The summed E-state index contributed by atoms with van der Waals surface area (Å²) in [6.07, 6.45) is 4.76. The molecule has 0 aliphatic rings. The van der Waals surface area contributed by atoms with Crippen molar-refractivity contribution in [1.29, 1.82) is 0 Å². The molecule has 0 amide bonds. The lowest BCUT2D eigenvalue weighted by Crippen LogP contribution is -2.30. The molecular weight excluding hydrogens is 403 g/mol. The van der Waals surface area contributed by atoms with Crippen LogP contribution < -0.4 is 0 Å². The number of rotatable bonds is 15. The van der Waals surface area contributed by atoms with Crippen molar-refractivity contribution in [2.75, 3.05) is 32.7 Å². The predicted molar refractivity (Wildman–Crippen MR) is 111 cm³/mol. The third kappa shape index (κ3) is 6.10. The Kier molecular flexibility index (Phi) is 11.5. The zero-order valence-corrected chi connectivity index (χ0v) is 19.2. The number of carbonyl (C=O) groups is 1. The fourth-order valence-corrected chi connectivity index (χ4v) is 7.39. The number of hydrogen-bond acceptors (Lipinski definition) is 8. The number of ether oxygens (including phenoxy) is 2. The maximum atomic E-state index is 14.1. The third-order valence-electron chi connectivity index (χ3n) is 4.03. The van der Waals surface area contributed by atoms with Gasteiger partial charge in [-0.05, 0) is 32.9 Å². The molecule has 28 heavy (non-hydrogen) atoms. The van der Waals surface area contributed by atoms with E-state index < -0.39 is 18.1 Å². The van der Waals surface area contributed by atoms with E-state index in [9.17, 15) is 9.36 Å². The van der Waals surface area contributed by atoms with Crippen molar-refractivity contribution in [3.05, 3.63) is 23.7 Å². The second kappa shape index (κ2) is 12.7. The van der Waals surface area contributed by atoms with Gasteiger partial charge in [-0.2, -0.15) is 0 Å². The summed E-state index contributed by atoms with van der Waals surface area (Å²) in [6.45, 7) is 8.18. The highest BCUT2D eigenvalue weighted by Crippen LogP contribution is 2.72. The minimum Gasteiger partial charge on any atom is -0.472 e. The lowest BCUT2D eigenvalue weighted by molar-refractivity contribution is -0.143. The number of hydrogen-bond donors (Lipinski definition) is 0. The Hall–Kier alpha value is -0.790. The van der Waals surface area contributed by atoms with Crippen LogP contribution in [0.3, 0.4) is 0 Å². The van der Waals surface area contributed by atoms with Gasteiger partial charge in [0.1, 0.15) is 0 Å². The van der Waals surface area contributed by atoms with Crippen molar-refractivity contribution in [2.24, 2.45) is 0 Å². The number of unbranched alkanes of at least 4 members (excludes halogenated alkanes) is 1. The van der Waals surface area contributed by atoms with E-state index in [1.807, 2.05) is 0 Å². The molecule has 0 saturated carbocycles. The molecule has 0 bridgehead atoms. The quantitative estimate of drug-likeness (QED) is 0.207. The summed E-state index contributed by atoms with van der Waals surface area (Å²) < 4.78 is 40.1. The second-order valence-corrected chi connectivity index (χ2v) is 10.0. The molecule has 0 aliphatic heterocycles. The van der Waals surface area contributed by atoms with Crippen molar-refractivity contribution in [1.82, 2.24) is 0 Å². The Balaban J connectivity index is 3.61. The smallest absolute Gasteiger partial charge is 0.351 e. The van der Waals surface area contributed by atoms with Crippen molar-refractivity contribution in [3.63, 3.8) is 0 Å². The lowest BCUT2D eigenvalue weighted by atomic mass is 10.1. The summed E-state index contributed by atoms with van der Waals surface area (Å²) in [7, 11) is -2.20. The molecule has 1 rings (SSSR count). The first kappa shape index (κ1) is 25.2. The normalized spacial score (nSPS) is 14.0. The third-order valence-corrected chi connectivity index (χ3v) is 8.90. The Morgan fingerprint density at radius 2 is 1.82 bits per heavy atom. The van der Waals surface area contributed by atoms with Crippen LogP contribution in [0.25, 0.3) is 0 Å². The highest BCUT2D eigenvalue weighted by Gasteiger charge is 2.56. The number of carbonyl (C=O) groups excluding carboxylic acids is 1. The van der Waals surface area contributed by atoms with E-state index in [2.05, 4.69) is 6.92 Å². The first-order valence-electron chi connectivity index (χ1n) is 9.67. The van der Waals surface area contributed by atoms with Crippen molar-refractivity contribution in [2.45, 2.75) is 58.1 Å². The maximum Gasteiger partial charge on any atom is 0.351 e. The van der Waals surface area contributed by atoms with Gasteiger partial charge in [0.25, 0.3) is 0 Å². The number of methoxy groups -OCH3 is 1. The molecule has 1 unspecified atom stereocenters. The Morgan fingerprint density at radius 3 is 2.36 bits per heavy atom. The van der Waals surface area contributed by atoms with Gasteiger partial charge in [0.2, 0.25) is 0 Å². The van der Waals surface area contributed by atoms with Crippen LogP contribution in [-0.4, -0.2) is 38.7 Å². The summed E-state index contributed by atoms with van der Waals surface area (Å²) in [4.78, 5) is 12.6. The van der Waals surface area contributed by atoms with Gasteiger partial charge in [-0.15, -0.1) is 11.8 Å². The summed E-state index contributed by atoms with van der Waals surface area (Å²) in [5, 5.41) is 0. The molecule has 0 aromatic carbocycles. The van der Waals surface area contributed by atoms with Crippen molar-refractivity contribution < 1.29 is 32.3 Å². The molecule has 1 aromatic heterocycles. The Labute approximate surface area is 172 Å². The standard InChI is InChI=1S/C19H33O7PS/c1-6-10-11-28-19(12-18(20)24-7-2,27(21,25-8-3)26-9-4)17-15-23-14-16(17)13-22-5/h14-15H,6-13H2,1-5H3. The van der Waals surface area contributed by atoms with Crippen LogP contribution in [0.15, 0.2) is 16.9 Å². The van der Waals surface area contributed by atoms with Crippen molar-refractivity contribution >= 4 is 25.3 Å². The van der Waals surface area contributed by atoms with Gasteiger partial charge in [0, 0.05) is 18.2 Å². The molecule has 0 fully saturated rings. The monoisotopic (exact) mass is 436 g/mol. The van der Waals surface area contributed by atoms with E-state index in [0.29, 0.717) is 16.9 Å². The molecule has 1 heterocycles. The van der Waals surface area contributed by atoms with E-state index in [-0.39, 0.29) is 32.8 Å². The fourth-order valence-electron chi connectivity index (χ4n) is 2.86. The van der Waals surface area contributed by atoms with E-state index in [1.54, 1.807) is 34.1 Å². The van der Waals surface area contributed by atoms with Crippen LogP contribution in [0.5, 0.6) is 0 Å². The maximum absolute atomic E-state index is 14.1. The van der Waals surface area contributed by atoms with Gasteiger partial charge in [-0.3, -0.25) is 9.36 Å². The molecule has 1 atom stereocenters. The average molecular weight is 437 g/mol. The first-order chi connectivity index (χ1) is 13.4. The van der Waals surface area contributed by atoms with Gasteiger partial charge in [-0.25, -0.2) is 0 Å². The molecule has 0 N–H and O–H groups in total. The summed E-state index contributed by atoms with van der Waals surface area (Å²) >= 11 is 1.40. The lowest BCUT2D eigenvalue weighted by Gasteiger charge is -2.38. The van der Waals surface area contributed by atoms with Crippen LogP contribution in [0.4, 0.5) is 0 Å². The van der Waals surface area contributed by atoms with E-state index in [0.717, 1.165) is 12.8 Å². The first-order valence-corrected chi connectivity index (χ1v) is 12.2. The zero-order chi connectivity index (χ0) is 21.0. The van der Waals surface area contributed by atoms with Gasteiger partial charge in [0.05, 0.1) is 45.4 Å². The second-order valence-electron chi connectivity index (χ2n) is 6.04. The van der Waals surface area contributed by atoms with Gasteiger partial charge >= 0.3 is 13.6 Å². The Morgan fingerprint density at radius 1 is 1.14 bits per heavy atom. The average Bonchev–Trinajstić information content (AvgIpc) is 3.10. The molecule has 162 valence electrons. The van der Waals surface area contributed by atoms with E-state index in [1.165, 1.54) is 18.0 Å². The van der Waals surface area contributed by atoms with Crippen LogP contribution >= 0.6 is 19.4 Å². The minimum absolute atomic E-state index is 0.150. The van der Waals surface area contributed by atoms with Crippen LogP contribution in [0.1, 0.15) is 58.1 Å². The molecule has 0 aliphatic carbocycles. The van der Waals surface area contributed by atoms with Crippen LogP contribution in [0, 0.1) is 0 Å². The van der Waals surface area contributed by atoms with Gasteiger partial charge in [-0.1, -0.05) is 13.3 Å². The number of furan rings is 1. The SMILES string of the molecule is CCCCSC(CC(=O)OCC)(c1cocc1COC)P(=O)(OCC)OCC. The fraction of sp³-hybridized carbons (Fsp3) is 0.737. The van der Waals surface area contributed by atoms with Crippen LogP contribution in [0.2, 0.25) is 0 Å². The molecular formula is C19H33O7PS. The van der Waals surface area contributed by atoms with Crippen LogP contribution in [-0.2, 0) is 39.0 Å². The molecule has 7 nitrogen and oxygen atoms in total. The Bertz CT molecular complexity index is 624.